The predicted molar refractivity (Wildman–Crippen MR) is 144 cm³/mol. The summed E-state index contributed by atoms with van der Waals surface area (Å²) in [6.45, 7) is 5.10. The van der Waals surface area contributed by atoms with Gasteiger partial charge in [0.05, 0.1) is 11.7 Å². The van der Waals surface area contributed by atoms with E-state index in [-0.39, 0.29) is 23.7 Å². The van der Waals surface area contributed by atoms with Gasteiger partial charge in [-0.25, -0.2) is 4.39 Å². The minimum absolute atomic E-state index is 0.169. The molecule has 2 heterocycles. The number of anilines is 1. The zero-order valence-electron chi connectivity index (χ0n) is 20.9. The Hall–Kier alpha value is -3.84. The summed E-state index contributed by atoms with van der Waals surface area (Å²) in [6, 6.07) is 19.1. The SMILES string of the molecule is CC(NC(=O)c1ccc2c(c1)C(C=Nc1ccc(CN3CCCCC3)cc1)C(=O)N2)c1ccc(F)cc1. The number of halogens is 1. The maximum atomic E-state index is 13.2. The van der Waals surface area contributed by atoms with Crippen LogP contribution in [0.25, 0.3) is 0 Å². The second kappa shape index (κ2) is 11.0. The average molecular weight is 499 g/mol. The zero-order valence-corrected chi connectivity index (χ0v) is 20.9. The Balaban J connectivity index is 1.26. The fraction of sp³-hybridized carbons (Fsp3) is 0.300. The molecule has 0 saturated carbocycles. The van der Waals surface area contributed by atoms with Crippen molar-refractivity contribution < 1.29 is 14.0 Å². The lowest BCUT2D eigenvalue weighted by Crippen LogP contribution is -2.28. The Morgan fingerprint density at radius 2 is 1.81 bits per heavy atom. The fourth-order valence-electron chi connectivity index (χ4n) is 4.91. The molecule has 190 valence electrons. The van der Waals surface area contributed by atoms with E-state index in [4.69, 9.17) is 0 Å². The minimum Gasteiger partial charge on any atom is -0.346 e. The molecule has 0 radical (unpaired) electrons. The molecular formula is C30H31FN4O2. The van der Waals surface area contributed by atoms with Crippen LogP contribution in [0.4, 0.5) is 15.8 Å². The number of nitrogens with one attached hydrogen (secondary N) is 2. The Bertz CT molecular complexity index is 1300. The third kappa shape index (κ3) is 5.94. The van der Waals surface area contributed by atoms with Crippen LogP contribution in [-0.2, 0) is 11.3 Å². The number of carbonyl (C=O) groups excluding carboxylic acids is 2. The van der Waals surface area contributed by atoms with Crippen molar-refractivity contribution in [1.29, 1.82) is 0 Å². The Morgan fingerprint density at radius 3 is 2.54 bits per heavy atom. The molecule has 0 bridgehead atoms. The Kier molecular flexibility index (Phi) is 7.42. The molecule has 2 unspecified atom stereocenters. The van der Waals surface area contributed by atoms with Gasteiger partial charge in [-0.15, -0.1) is 0 Å². The topological polar surface area (TPSA) is 73.8 Å². The molecule has 1 saturated heterocycles. The lowest BCUT2D eigenvalue weighted by Gasteiger charge is -2.26. The van der Waals surface area contributed by atoms with Crippen LogP contribution < -0.4 is 10.6 Å². The summed E-state index contributed by atoms with van der Waals surface area (Å²) in [5.41, 5.74) is 4.70. The van der Waals surface area contributed by atoms with Crippen molar-refractivity contribution in [2.75, 3.05) is 18.4 Å². The van der Waals surface area contributed by atoms with Crippen molar-refractivity contribution in [3.05, 3.63) is 94.8 Å². The number of rotatable bonds is 7. The Morgan fingerprint density at radius 1 is 1.08 bits per heavy atom. The van der Waals surface area contributed by atoms with Crippen LogP contribution >= 0.6 is 0 Å². The predicted octanol–water partition coefficient (Wildman–Crippen LogP) is 5.74. The molecule has 3 aromatic carbocycles. The summed E-state index contributed by atoms with van der Waals surface area (Å²) in [4.78, 5) is 32.6. The van der Waals surface area contributed by atoms with Crippen LogP contribution in [0.15, 0.2) is 71.7 Å². The summed E-state index contributed by atoms with van der Waals surface area (Å²) in [5.74, 6) is -1.33. The van der Waals surface area contributed by atoms with E-state index in [0.717, 1.165) is 36.4 Å². The molecule has 0 aliphatic carbocycles. The molecule has 2 N–H and O–H groups in total. The normalized spacial score (nSPS) is 18.4. The first kappa shape index (κ1) is 24.8. The van der Waals surface area contributed by atoms with Crippen LogP contribution in [0.3, 0.4) is 0 Å². The molecule has 2 aliphatic rings. The van der Waals surface area contributed by atoms with Gasteiger partial charge in [-0.1, -0.05) is 30.7 Å². The molecule has 2 amide bonds. The third-order valence-electron chi connectivity index (χ3n) is 7.07. The number of likely N-dealkylation sites (tertiary alicyclic amines) is 1. The second-order valence-corrected chi connectivity index (χ2v) is 9.80. The number of hydrogen-bond acceptors (Lipinski definition) is 4. The molecular weight excluding hydrogens is 467 g/mol. The van der Waals surface area contributed by atoms with Crippen molar-refractivity contribution in [2.24, 2.45) is 4.99 Å². The molecule has 7 heteroatoms. The number of nitrogens with zero attached hydrogens (tertiary/aromatic N) is 2. The molecule has 3 aromatic rings. The highest BCUT2D eigenvalue weighted by atomic mass is 19.1. The summed E-state index contributed by atoms with van der Waals surface area (Å²) in [5, 5.41) is 5.81. The highest BCUT2D eigenvalue weighted by molar-refractivity contribution is 6.13. The van der Waals surface area contributed by atoms with Gasteiger partial charge in [-0.05, 0) is 92.0 Å². The second-order valence-electron chi connectivity index (χ2n) is 9.80. The van der Waals surface area contributed by atoms with Gasteiger partial charge in [-0.2, -0.15) is 0 Å². The number of hydrogen-bond donors (Lipinski definition) is 2. The summed E-state index contributed by atoms with van der Waals surface area (Å²) in [6.07, 6.45) is 5.50. The van der Waals surface area contributed by atoms with Gasteiger partial charge < -0.3 is 10.6 Å². The van der Waals surface area contributed by atoms with Gasteiger partial charge in [-0.3, -0.25) is 19.5 Å². The van der Waals surface area contributed by atoms with Crippen LogP contribution in [-0.4, -0.2) is 36.0 Å². The lowest BCUT2D eigenvalue weighted by atomic mass is 9.99. The largest absolute Gasteiger partial charge is 0.346 e. The molecule has 2 atom stereocenters. The van der Waals surface area contributed by atoms with Gasteiger partial charge in [0.15, 0.2) is 0 Å². The van der Waals surface area contributed by atoms with Crippen molar-refractivity contribution in [3.63, 3.8) is 0 Å². The van der Waals surface area contributed by atoms with E-state index in [9.17, 15) is 14.0 Å². The van der Waals surface area contributed by atoms with E-state index in [0.29, 0.717) is 11.3 Å². The van der Waals surface area contributed by atoms with E-state index in [2.05, 4.69) is 32.7 Å². The lowest BCUT2D eigenvalue weighted by molar-refractivity contribution is -0.115. The van der Waals surface area contributed by atoms with Crippen molar-refractivity contribution in [2.45, 2.75) is 44.7 Å². The maximum absolute atomic E-state index is 13.2. The first-order chi connectivity index (χ1) is 18.0. The maximum Gasteiger partial charge on any atom is 0.251 e. The highest BCUT2D eigenvalue weighted by Gasteiger charge is 2.30. The highest BCUT2D eigenvalue weighted by Crippen LogP contribution is 2.33. The summed E-state index contributed by atoms with van der Waals surface area (Å²) in [7, 11) is 0. The molecule has 5 rings (SSSR count). The van der Waals surface area contributed by atoms with Gasteiger partial charge in [0.2, 0.25) is 5.91 Å². The van der Waals surface area contributed by atoms with Crippen LogP contribution in [0.2, 0.25) is 0 Å². The molecule has 0 aromatic heterocycles. The van der Waals surface area contributed by atoms with E-state index in [1.807, 2.05) is 19.1 Å². The van der Waals surface area contributed by atoms with Crippen molar-refractivity contribution >= 4 is 29.4 Å². The number of amides is 2. The number of carbonyl (C=O) groups is 2. The number of piperidine rings is 1. The molecule has 37 heavy (non-hydrogen) atoms. The standard InChI is InChI=1S/C30H31FN4O2/c1-20(22-7-10-24(31)11-8-22)33-29(36)23-9-14-28-26(17-23)27(30(37)34-28)18-32-25-12-5-21(6-13-25)19-35-15-3-2-4-16-35/h5-14,17-18,20,27H,2-4,15-16,19H2,1H3,(H,33,36)(H,34,37). The number of fused-ring (bicyclic) bond motifs is 1. The smallest absolute Gasteiger partial charge is 0.251 e. The molecule has 2 aliphatic heterocycles. The van der Waals surface area contributed by atoms with Gasteiger partial charge in [0.25, 0.3) is 5.91 Å². The van der Waals surface area contributed by atoms with Gasteiger partial charge >= 0.3 is 0 Å². The molecule has 0 spiro atoms. The van der Waals surface area contributed by atoms with Gasteiger partial charge in [0, 0.05) is 24.0 Å². The average Bonchev–Trinajstić information content (AvgIpc) is 3.23. The number of benzene rings is 3. The van der Waals surface area contributed by atoms with E-state index in [1.54, 1.807) is 36.5 Å². The van der Waals surface area contributed by atoms with E-state index in [1.165, 1.54) is 37.0 Å². The first-order valence-electron chi connectivity index (χ1n) is 12.8. The molecule has 6 nitrogen and oxygen atoms in total. The van der Waals surface area contributed by atoms with Crippen LogP contribution in [0.5, 0.6) is 0 Å². The Labute approximate surface area is 216 Å². The minimum atomic E-state index is -0.578. The quantitative estimate of drug-likeness (QED) is 0.408. The van der Waals surface area contributed by atoms with Crippen molar-refractivity contribution in [3.8, 4) is 0 Å². The summed E-state index contributed by atoms with van der Waals surface area (Å²) >= 11 is 0. The van der Waals surface area contributed by atoms with E-state index >= 15 is 0 Å². The van der Waals surface area contributed by atoms with E-state index < -0.39 is 5.92 Å². The monoisotopic (exact) mass is 498 g/mol. The summed E-state index contributed by atoms with van der Waals surface area (Å²) < 4.78 is 13.2. The fourth-order valence-corrected chi connectivity index (χ4v) is 4.91. The van der Waals surface area contributed by atoms with Crippen molar-refractivity contribution in [1.82, 2.24) is 10.2 Å². The van der Waals surface area contributed by atoms with Crippen LogP contribution in [0.1, 0.15) is 65.2 Å². The zero-order chi connectivity index (χ0) is 25.8. The van der Waals surface area contributed by atoms with Gasteiger partial charge in [0.1, 0.15) is 11.7 Å². The molecule has 1 fully saturated rings. The third-order valence-corrected chi connectivity index (χ3v) is 7.07. The first-order valence-corrected chi connectivity index (χ1v) is 12.8. The van der Waals surface area contributed by atoms with Crippen LogP contribution in [0, 0.1) is 5.82 Å². The number of aliphatic imine (C=N–C) groups is 1.